The topological polar surface area (TPSA) is 15.3 Å². The van der Waals surface area contributed by atoms with Crippen LogP contribution in [0, 0.1) is 11.8 Å². The summed E-state index contributed by atoms with van der Waals surface area (Å²) in [7, 11) is 0. The van der Waals surface area contributed by atoms with E-state index in [-0.39, 0.29) is 0 Å². The Bertz CT molecular complexity index is 214. The first-order chi connectivity index (χ1) is 6.77. The second kappa shape index (κ2) is 6.06. The molecule has 0 aromatic heterocycles. The summed E-state index contributed by atoms with van der Waals surface area (Å²) in [6.45, 7) is 9.62. The highest BCUT2D eigenvalue weighted by Crippen LogP contribution is 2.16. The third kappa shape index (κ3) is 3.32. The van der Waals surface area contributed by atoms with Gasteiger partial charge in [0, 0.05) is 18.6 Å². The average molecular weight is 194 g/mol. The SMILES string of the molecule is CC#CCN1CCC(NCC)CC1C. The van der Waals surface area contributed by atoms with Crippen LogP contribution in [0.1, 0.15) is 33.6 Å². The van der Waals surface area contributed by atoms with E-state index in [0.29, 0.717) is 6.04 Å². The number of rotatable bonds is 3. The number of nitrogens with one attached hydrogen (secondary N) is 1. The molecule has 2 unspecified atom stereocenters. The lowest BCUT2D eigenvalue weighted by atomic mass is 9.98. The molecule has 1 aliphatic heterocycles. The number of hydrogen-bond donors (Lipinski definition) is 1. The Labute approximate surface area is 88.1 Å². The minimum absolute atomic E-state index is 0.675. The van der Waals surface area contributed by atoms with E-state index in [0.717, 1.165) is 19.1 Å². The van der Waals surface area contributed by atoms with Crippen LogP contribution in [0.15, 0.2) is 0 Å². The fourth-order valence-electron chi connectivity index (χ4n) is 2.11. The van der Waals surface area contributed by atoms with Crippen molar-refractivity contribution in [1.29, 1.82) is 0 Å². The quantitative estimate of drug-likeness (QED) is 0.685. The molecule has 80 valence electrons. The van der Waals surface area contributed by atoms with Crippen LogP contribution < -0.4 is 5.32 Å². The van der Waals surface area contributed by atoms with Crippen molar-refractivity contribution in [2.45, 2.75) is 45.7 Å². The van der Waals surface area contributed by atoms with Crippen molar-refractivity contribution in [3.63, 3.8) is 0 Å². The van der Waals surface area contributed by atoms with Crippen LogP contribution in [0.2, 0.25) is 0 Å². The molecule has 0 aromatic carbocycles. The molecule has 0 radical (unpaired) electrons. The molecule has 1 N–H and O–H groups in total. The maximum atomic E-state index is 3.53. The van der Waals surface area contributed by atoms with Crippen LogP contribution >= 0.6 is 0 Å². The summed E-state index contributed by atoms with van der Waals surface area (Å²) >= 11 is 0. The van der Waals surface area contributed by atoms with Crippen LogP contribution in [0.3, 0.4) is 0 Å². The van der Waals surface area contributed by atoms with Crippen molar-refractivity contribution in [3.8, 4) is 11.8 Å². The molecule has 1 aliphatic rings. The van der Waals surface area contributed by atoms with Crippen molar-refractivity contribution in [3.05, 3.63) is 0 Å². The molecular formula is C12H22N2. The molecule has 0 bridgehead atoms. The highest BCUT2D eigenvalue weighted by molar-refractivity contribution is 4.99. The summed E-state index contributed by atoms with van der Waals surface area (Å²) in [5, 5.41) is 3.53. The molecule has 0 spiro atoms. The third-order valence-corrected chi connectivity index (χ3v) is 2.97. The van der Waals surface area contributed by atoms with E-state index < -0.39 is 0 Å². The standard InChI is InChI=1S/C12H22N2/c1-4-6-8-14-9-7-12(13-5-2)10-11(14)3/h11-13H,5,7-10H2,1-3H3. The third-order valence-electron chi connectivity index (χ3n) is 2.97. The van der Waals surface area contributed by atoms with E-state index >= 15 is 0 Å². The maximum Gasteiger partial charge on any atom is 0.0603 e. The number of likely N-dealkylation sites (tertiary alicyclic amines) is 1. The van der Waals surface area contributed by atoms with Gasteiger partial charge in [0.1, 0.15) is 0 Å². The van der Waals surface area contributed by atoms with Crippen LogP contribution in [-0.2, 0) is 0 Å². The molecule has 0 aromatic rings. The van der Waals surface area contributed by atoms with Gasteiger partial charge >= 0.3 is 0 Å². The van der Waals surface area contributed by atoms with Gasteiger partial charge in [-0.05, 0) is 33.2 Å². The van der Waals surface area contributed by atoms with Crippen molar-refractivity contribution < 1.29 is 0 Å². The van der Waals surface area contributed by atoms with Crippen LogP contribution in [0.5, 0.6) is 0 Å². The Balaban J connectivity index is 2.34. The molecule has 2 atom stereocenters. The zero-order valence-corrected chi connectivity index (χ0v) is 9.64. The Morgan fingerprint density at radius 1 is 1.50 bits per heavy atom. The smallest absolute Gasteiger partial charge is 0.0603 e. The molecule has 1 rings (SSSR count). The monoisotopic (exact) mass is 194 g/mol. The van der Waals surface area contributed by atoms with Gasteiger partial charge in [-0.2, -0.15) is 0 Å². The van der Waals surface area contributed by atoms with Gasteiger partial charge in [-0.15, -0.1) is 5.92 Å². The molecule has 2 nitrogen and oxygen atoms in total. The van der Waals surface area contributed by atoms with Crippen LogP contribution in [-0.4, -0.2) is 36.6 Å². The first-order valence-electron chi connectivity index (χ1n) is 5.65. The molecule has 0 saturated carbocycles. The zero-order valence-electron chi connectivity index (χ0n) is 9.64. The molecule has 2 heteroatoms. The highest BCUT2D eigenvalue weighted by Gasteiger charge is 2.23. The van der Waals surface area contributed by atoms with Gasteiger partial charge in [0.15, 0.2) is 0 Å². The first-order valence-corrected chi connectivity index (χ1v) is 5.65. The van der Waals surface area contributed by atoms with E-state index in [9.17, 15) is 0 Å². The Hall–Kier alpha value is -0.520. The normalized spacial score (nSPS) is 28.2. The largest absolute Gasteiger partial charge is 0.314 e. The van der Waals surface area contributed by atoms with E-state index in [1.54, 1.807) is 0 Å². The van der Waals surface area contributed by atoms with Crippen molar-refractivity contribution in [2.24, 2.45) is 0 Å². The van der Waals surface area contributed by atoms with Gasteiger partial charge in [-0.3, -0.25) is 4.90 Å². The molecule has 1 fully saturated rings. The van der Waals surface area contributed by atoms with Gasteiger partial charge in [-0.25, -0.2) is 0 Å². The van der Waals surface area contributed by atoms with Gasteiger partial charge in [0.2, 0.25) is 0 Å². The lowest BCUT2D eigenvalue weighted by Crippen LogP contribution is -2.47. The predicted octanol–water partition coefficient (Wildman–Crippen LogP) is 1.47. The second-order valence-corrected chi connectivity index (χ2v) is 4.03. The van der Waals surface area contributed by atoms with Crippen molar-refractivity contribution in [2.75, 3.05) is 19.6 Å². The summed E-state index contributed by atoms with van der Waals surface area (Å²) in [5.41, 5.74) is 0. The Morgan fingerprint density at radius 3 is 2.86 bits per heavy atom. The lowest BCUT2D eigenvalue weighted by Gasteiger charge is -2.36. The predicted molar refractivity (Wildman–Crippen MR) is 61.2 cm³/mol. The summed E-state index contributed by atoms with van der Waals surface area (Å²) in [5.74, 6) is 6.12. The summed E-state index contributed by atoms with van der Waals surface area (Å²) in [4.78, 5) is 2.48. The van der Waals surface area contributed by atoms with Crippen molar-refractivity contribution >= 4 is 0 Å². The van der Waals surface area contributed by atoms with Gasteiger partial charge < -0.3 is 5.32 Å². The minimum Gasteiger partial charge on any atom is -0.314 e. The molecule has 0 aliphatic carbocycles. The van der Waals surface area contributed by atoms with E-state index in [2.05, 4.69) is 35.9 Å². The van der Waals surface area contributed by atoms with Crippen LogP contribution in [0.4, 0.5) is 0 Å². The summed E-state index contributed by atoms with van der Waals surface area (Å²) in [6.07, 6.45) is 2.53. The molecule has 0 amide bonds. The minimum atomic E-state index is 0.675. The molecular weight excluding hydrogens is 172 g/mol. The lowest BCUT2D eigenvalue weighted by molar-refractivity contribution is 0.154. The summed E-state index contributed by atoms with van der Waals surface area (Å²) in [6, 6.07) is 1.40. The van der Waals surface area contributed by atoms with E-state index in [1.807, 2.05) is 6.92 Å². The second-order valence-electron chi connectivity index (χ2n) is 4.03. The maximum absolute atomic E-state index is 3.53. The van der Waals surface area contributed by atoms with Crippen molar-refractivity contribution in [1.82, 2.24) is 10.2 Å². The number of nitrogens with zero attached hydrogens (tertiary/aromatic N) is 1. The molecule has 1 saturated heterocycles. The van der Waals surface area contributed by atoms with Gasteiger partial charge in [0.25, 0.3) is 0 Å². The molecule has 1 heterocycles. The first kappa shape index (κ1) is 11.6. The fraction of sp³-hybridized carbons (Fsp3) is 0.833. The summed E-state index contributed by atoms with van der Waals surface area (Å²) < 4.78 is 0. The number of piperidine rings is 1. The van der Waals surface area contributed by atoms with Gasteiger partial charge in [-0.1, -0.05) is 12.8 Å². The fourth-order valence-corrected chi connectivity index (χ4v) is 2.11. The number of hydrogen-bond acceptors (Lipinski definition) is 2. The van der Waals surface area contributed by atoms with Gasteiger partial charge in [0.05, 0.1) is 6.54 Å². The molecule has 14 heavy (non-hydrogen) atoms. The Morgan fingerprint density at radius 2 is 2.29 bits per heavy atom. The zero-order chi connectivity index (χ0) is 10.4. The highest BCUT2D eigenvalue weighted by atomic mass is 15.2. The van der Waals surface area contributed by atoms with E-state index in [4.69, 9.17) is 0 Å². The average Bonchev–Trinajstić information content (AvgIpc) is 2.17. The van der Waals surface area contributed by atoms with E-state index in [1.165, 1.54) is 19.4 Å². The Kier molecular flexibility index (Phi) is 5.00. The van der Waals surface area contributed by atoms with Crippen LogP contribution in [0.25, 0.3) is 0 Å².